The van der Waals surface area contributed by atoms with E-state index in [-0.39, 0.29) is 17.9 Å². The SMILES string of the molecule is Cc1cc(C(=O)Nc2ccc(C(=O)N(C)C)cc2)c2cnn(C(C)C)c2n1. The van der Waals surface area contributed by atoms with E-state index in [9.17, 15) is 9.59 Å². The highest BCUT2D eigenvalue weighted by Crippen LogP contribution is 2.22. The highest BCUT2D eigenvalue weighted by Gasteiger charge is 2.17. The van der Waals surface area contributed by atoms with Crippen molar-refractivity contribution in [2.75, 3.05) is 19.4 Å². The summed E-state index contributed by atoms with van der Waals surface area (Å²) in [6, 6.07) is 8.74. The van der Waals surface area contributed by atoms with E-state index in [1.807, 2.05) is 20.8 Å². The van der Waals surface area contributed by atoms with Gasteiger partial charge in [-0.2, -0.15) is 5.10 Å². The van der Waals surface area contributed by atoms with E-state index in [1.165, 1.54) is 4.90 Å². The molecule has 2 aromatic heterocycles. The van der Waals surface area contributed by atoms with Crippen molar-refractivity contribution in [3.63, 3.8) is 0 Å². The summed E-state index contributed by atoms with van der Waals surface area (Å²) in [5, 5.41) is 7.96. The van der Waals surface area contributed by atoms with Crippen LogP contribution in [0.1, 0.15) is 46.3 Å². The van der Waals surface area contributed by atoms with Crippen molar-refractivity contribution in [2.45, 2.75) is 26.8 Å². The normalized spacial score (nSPS) is 11.0. The van der Waals surface area contributed by atoms with Gasteiger partial charge in [0.2, 0.25) is 0 Å². The first kappa shape index (κ1) is 18.6. The van der Waals surface area contributed by atoms with Crippen LogP contribution < -0.4 is 5.32 Å². The van der Waals surface area contributed by atoms with Crippen molar-refractivity contribution in [1.29, 1.82) is 0 Å². The van der Waals surface area contributed by atoms with Gasteiger partial charge in [-0.1, -0.05) is 0 Å². The third-order valence-corrected chi connectivity index (χ3v) is 4.22. The number of aryl methyl sites for hydroxylation is 1. The van der Waals surface area contributed by atoms with Crippen molar-refractivity contribution in [3.8, 4) is 0 Å². The molecule has 0 aliphatic rings. The second-order valence-electron chi connectivity index (χ2n) is 6.96. The van der Waals surface area contributed by atoms with Crippen LogP contribution in [0.3, 0.4) is 0 Å². The van der Waals surface area contributed by atoms with E-state index in [2.05, 4.69) is 15.4 Å². The number of pyridine rings is 1. The fraction of sp³-hybridized carbons (Fsp3) is 0.300. The molecule has 0 aliphatic carbocycles. The van der Waals surface area contributed by atoms with Gasteiger partial charge in [-0.15, -0.1) is 0 Å². The number of nitrogens with zero attached hydrogens (tertiary/aromatic N) is 4. The first-order valence-corrected chi connectivity index (χ1v) is 8.76. The van der Waals surface area contributed by atoms with Crippen molar-refractivity contribution in [1.82, 2.24) is 19.7 Å². The smallest absolute Gasteiger partial charge is 0.256 e. The molecule has 27 heavy (non-hydrogen) atoms. The van der Waals surface area contributed by atoms with Crippen molar-refractivity contribution >= 4 is 28.5 Å². The Balaban J connectivity index is 1.89. The number of nitrogens with one attached hydrogen (secondary N) is 1. The fourth-order valence-electron chi connectivity index (χ4n) is 2.86. The Hall–Kier alpha value is -3.22. The van der Waals surface area contributed by atoms with E-state index < -0.39 is 0 Å². The average Bonchev–Trinajstić information content (AvgIpc) is 3.04. The molecule has 3 aromatic rings. The third kappa shape index (κ3) is 3.67. The predicted molar refractivity (Wildman–Crippen MR) is 105 cm³/mol. The third-order valence-electron chi connectivity index (χ3n) is 4.22. The molecule has 0 atom stereocenters. The number of rotatable bonds is 4. The molecular weight excluding hydrogens is 342 g/mol. The highest BCUT2D eigenvalue weighted by atomic mass is 16.2. The van der Waals surface area contributed by atoms with Crippen LogP contribution in [0.4, 0.5) is 5.69 Å². The van der Waals surface area contributed by atoms with Gasteiger partial charge in [-0.3, -0.25) is 9.59 Å². The number of carbonyl (C=O) groups is 2. The van der Waals surface area contributed by atoms with Crippen molar-refractivity contribution in [2.24, 2.45) is 0 Å². The average molecular weight is 365 g/mol. The standard InChI is InChI=1S/C20H23N5O2/c1-12(2)25-18-17(11-21-25)16(10-13(3)22-18)19(26)23-15-8-6-14(7-9-15)20(27)24(4)5/h6-12H,1-5H3,(H,23,26). The minimum Gasteiger partial charge on any atom is -0.345 e. The summed E-state index contributed by atoms with van der Waals surface area (Å²) < 4.78 is 1.81. The second-order valence-corrected chi connectivity index (χ2v) is 6.96. The minimum absolute atomic E-state index is 0.0829. The lowest BCUT2D eigenvalue weighted by Gasteiger charge is -2.11. The van der Waals surface area contributed by atoms with Crippen LogP contribution in [0.2, 0.25) is 0 Å². The van der Waals surface area contributed by atoms with Crippen LogP contribution in [-0.2, 0) is 0 Å². The van der Waals surface area contributed by atoms with Gasteiger partial charge in [0.25, 0.3) is 11.8 Å². The lowest BCUT2D eigenvalue weighted by molar-refractivity contribution is 0.0827. The summed E-state index contributed by atoms with van der Waals surface area (Å²) in [6.07, 6.45) is 1.68. The second kappa shape index (κ2) is 7.19. The van der Waals surface area contributed by atoms with E-state index in [4.69, 9.17) is 0 Å². The first-order valence-electron chi connectivity index (χ1n) is 8.76. The topological polar surface area (TPSA) is 80.1 Å². The Bertz CT molecular complexity index is 1000. The quantitative estimate of drug-likeness (QED) is 0.769. The molecule has 0 saturated heterocycles. The number of carbonyl (C=O) groups excluding carboxylic acids is 2. The van der Waals surface area contributed by atoms with Crippen LogP contribution in [0.25, 0.3) is 11.0 Å². The van der Waals surface area contributed by atoms with Gasteiger partial charge in [0.1, 0.15) is 0 Å². The van der Waals surface area contributed by atoms with Crippen LogP contribution in [0.15, 0.2) is 36.5 Å². The van der Waals surface area contributed by atoms with Crippen LogP contribution in [0, 0.1) is 6.92 Å². The van der Waals surface area contributed by atoms with E-state index in [0.717, 1.165) is 5.69 Å². The Morgan fingerprint density at radius 1 is 1.15 bits per heavy atom. The molecule has 7 heteroatoms. The molecular formula is C20H23N5O2. The Morgan fingerprint density at radius 2 is 1.81 bits per heavy atom. The molecule has 0 saturated carbocycles. The molecule has 0 fully saturated rings. The number of fused-ring (bicyclic) bond motifs is 1. The van der Waals surface area contributed by atoms with Gasteiger partial charge in [-0.25, -0.2) is 9.67 Å². The van der Waals surface area contributed by atoms with Gasteiger partial charge in [0.05, 0.1) is 17.1 Å². The maximum Gasteiger partial charge on any atom is 0.256 e. The van der Waals surface area contributed by atoms with Gasteiger partial charge in [0.15, 0.2) is 5.65 Å². The summed E-state index contributed by atoms with van der Waals surface area (Å²) >= 11 is 0. The van der Waals surface area contributed by atoms with Gasteiger partial charge in [0, 0.05) is 37.1 Å². The lowest BCUT2D eigenvalue weighted by atomic mass is 10.1. The molecule has 0 aliphatic heterocycles. The minimum atomic E-state index is -0.236. The maximum atomic E-state index is 12.8. The molecule has 7 nitrogen and oxygen atoms in total. The zero-order valence-corrected chi connectivity index (χ0v) is 16.1. The largest absolute Gasteiger partial charge is 0.345 e. The van der Waals surface area contributed by atoms with Gasteiger partial charge >= 0.3 is 0 Å². The van der Waals surface area contributed by atoms with E-state index >= 15 is 0 Å². The zero-order chi connectivity index (χ0) is 19.7. The summed E-state index contributed by atoms with van der Waals surface area (Å²) in [6.45, 7) is 5.90. The molecule has 2 amide bonds. The number of amides is 2. The van der Waals surface area contributed by atoms with Crippen LogP contribution >= 0.6 is 0 Å². The first-order chi connectivity index (χ1) is 12.8. The molecule has 0 spiro atoms. The molecule has 2 heterocycles. The summed E-state index contributed by atoms with van der Waals surface area (Å²) in [4.78, 5) is 30.8. The van der Waals surface area contributed by atoms with Crippen molar-refractivity contribution in [3.05, 3.63) is 53.3 Å². The zero-order valence-electron chi connectivity index (χ0n) is 16.1. The number of benzene rings is 1. The number of aromatic nitrogens is 3. The molecule has 1 N–H and O–H groups in total. The van der Waals surface area contributed by atoms with E-state index in [0.29, 0.717) is 27.8 Å². The Kier molecular flexibility index (Phi) is 4.94. The maximum absolute atomic E-state index is 12.8. The monoisotopic (exact) mass is 365 g/mol. The Morgan fingerprint density at radius 3 is 2.41 bits per heavy atom. The highest BCUT2D eigenvalue weighted by molar-refractivity contribution is 6.12. The molecule has 1 aromatic carbocycles. The fourth-order valence-corrected chi connectivity index (χ4v) is 2.86. The summed E-state index contributed by atoms with van der Waals surface area (Å²) in [5.74, 6) is -0.319. The number of anilines is 1. The molecule has 0 unspecified atom stereocenters. The molecule has 0 radical (unpaired) electrons. The molecule has 140 valence electrons. The van der Waals surface area contributed by atoms with Gasteiger partial charge in [-0.05, 0) is 51.1 Å². The molecule has 0 bridgehead atoms. The van der Waals surface area contributed by atoms with Gasteiger partial charge < -0.3 is 10.2 Å². The van der Waals surface area contributed by atoms with Crippen LogP contribution in [-0.4, -0.2) is 45.6 Å². The Labute approximate surface area is 158 Å². The van der Waals surface area contributed by atoms with Crippen LogP contribution in [0.5, 0.6) is 0 Å². The lowest BCUT2D eigenvalue weighted by Crippen LogP contribution is -2.21. The van der Waals surface area contributed by atoms with Crippen molar-refractivity contribution < 1.29 is 9.59 Å². The van der Waals surface area contributed by atoms with E-state index in [1.54, 1.807) is 55.3 Å². The number of hydrogen-bond acceptors (Lipinski definition) is 4. The summed E-state index contributed by atoms with van der Waals surface area (Å²) in [5.41, 5.74) is 3.16. The predicted octanol–water partition coefficient (Wildman–Crippen LogP) is 3.27. The summed E-state index contributed by atoms with van der Waals surface area (Å²) in [7, 11) is 3.40. The molecule has 3 rings (SSSR count). The number of hydrogen-bond donors (Lipinski definition) is 1.